The molecule has 7 heteroatoms. The van der Waals surface area contributed by atoms with Gasteiger partial charge in [0.05, 0.1) is 10.8 Å². The molecule has 1 heterocycles. The topological polar surface area (TPSA) is 42.9 Å². The highest BCUT2D eigenvalue weighted by Gasteiger charge is 2.27. The third kappa shape index (κ3) is 3.03. The van der Waals surface area contributed by atoms with Crippen molar-refractivity contribution in [3.63, 3.8) is 0 Å². The minimum Gasteiger partial charge on any atom is -0.254 e. The molecular weight excluding hydrogens is 279 g/mol. The van der Waals surface area contributed by atoms with E-state index in [-0.39, 0.29) is 20.5 Å². The lowest BCUT2D eigenvalue weighted by Crippen LogP contribution is -2.22. The first-order valence-corrected chi connectivity index (χ1v) is 6.32. The van der Waals surface area contributed by atoms with Gasteiger partial charge >= 0.3 is 0 Å². The predicted molar refractivity (Wildman–Crippen MR) is 63.2 cm³/mol. The van der Waals surface area contributed by atoms with Crippen molar-refractivity contribution in [3.8, 4) is 0 Å². The van der Waals surface area contributed by atoms with E-state index in [9.17, 15) is 4.21 Å². The molecule has 1 atom stereocenters. The molecule has 0 radical (unpaired) electrons. The van der Waals surface area contributed by atoms with Crippen LogP contribution < -0.4 is 0 Å². The van der Waals surface area contributed by atoms with Crippen molar-refractivity contribution in [2.24, 2.45) is 0 Å². The predicted octanol–water partition coefficient (Wildman–Crippen LogP) is 3.34. The number of nitrogens with zero attached hydrogens (tertiary/aromatic N) is 2. The van der Waals surface area contributed by atoms with E-state index in [2.05, 4.69) is 9.97 Å². The maximum atomic E-state index is 12.0. The van der Waals surface area contributed by atoms with Crippen LogP contribution in [0.5, 0.6) is 0 Å². The molecule has 0 amide bonds. The quantitative estimate of drug-likeness (QED) is 0.588. The lowest BCUT2D eigenvalue weighted by atomic mass is 10.3. The molecule has 0 aromatic carbocycles. The van der Waals surface area contributed by atoms with Gasteiger partial charge in [0.25, 0.3) is 0 Å². The zero-order valence-electron chi connectivity index (χ0n) is 8.34. The standard InChI is InChI=1S/C8H9Cl3N2OS/c1-8(2,3)15(14)4-5(9)12-7(11)13-6(4)10/h1-3H3. The molecule has 84 valence electrons. The first kappa shape index (κ1) is 13.2. The molecule has 1 aromatic rings. The second kappa shape index (κ2) is 4.53. The zero-order valence-corrected chi connectivity index (χ0v) is 11.4. The Morgan fingerprint density at radius 2 is 1.47 bits per heavy atom. The maximum Gasteiger partial charge on any atom is 0.225 e. The van der Waals surface area contributed by atoms with Crippen LogP contribution in [-0.2, 0) is 10.8 Å². The fourth-order valence-electron chi connectivity index (χ4n) is 0.833. The van der Waals surface area contributed by atoms with Gasteiger partial charge in [-0.1, -0.05) is 23.2 Å². The van der Waals surface area contributed by atoms with Crippen LogP contribution in [0.25, 0.3) is 0 Å². The summed E-state index contributed by atoms with van der Waals surface area (Å²) in [5, 5.41) is 0.0150. The Balaban J connectivity index is 3.33. The second-order valence-corrected chi connectivity index (χ2v) is 7.01. The van der Waals surface area contributed by atoms with Gasteiger partial charge in [-0.05, 0) is 32.4 Å². The Morgan fingerprint density at radius 3 is 1.80 bits per heavy atom. The highest BCUT2D eigenvalue weighted by Crippen LogP contribution is 2.31. The van der Waals surface area contributed by atoms with E-state index in [1.165, 1.54) is 0 Å². The van der Waals surface area contributed by atoms with Crippen LogP contribution in [0.1, 0.15) is 20.8 Å². The molecule has 1 unspecified atom stereocenters. The molecule has 0 saturated carbocycles. The van der Waals surface area contributed by atoms with E-state index in [1.807, 2.05) is 20.8 Å². The molecule has 0 aliphatic carbocycles. The third-order valence-corrected chi connectivity index (χ3v) is 4.31. The Morgan fingerprint density at radius 1 is 1.07 bits per heavy atom. The van der Waals surface area contributed by atoms with Crippen molar-refractivity contribution in [2.75, 3.05) is 0 Å². The second-order valence-electron chi connectivity index (χ2n) is 3.78. The van der Waals surface area contributed by atoms with Gasteiger partial charge in [-0.3, -0.25) is 4.21 Å². The van der Waals surface area contributed by atoms with Gasteiger partial charge in [-0.2, -0.15) is 0 Å². The zero-order chi connectivity index (χ0) is 11.8. The monoisotopic (exact) mass is 286 g/mol. The summed E-state index contributed by atoms with van der Waals surface area (Å²) >= 11 is 17.2. The average Bonchev–Trinajstić information content (AvgIpc) is 1.99. The molecule has 3 nitrogen and oxygen atoms in total. The average molecular weight is 288 g/mol. The highest BCUT2D eigenvalue weighted by molar-refractivity contribution is 7.86. The smallest absolute Gasteiger partial charge is 0.225 e. The van der Waals surface area contributed by atoms with Gasteiger partial charge in [-0.15, -0.1) is 0 Å². The van der Waals surface area contributed by atoms with Crippen LogP contribution in [0.2, 0.25) is 15.6 Å². The lowest BCUT2D eigenvalue weighted by molar-refractivity contribution is 0.648. The van der Waals surface area contributed by atoms with Crippen molar-refractivity contribution < 1.29 is 4.21 Å². The third-order valence-electron chi connectivity index (χ3n) is 1.50. The van der Waals surface area contributed by atoms with Crippen LogP contribution in [0.3, 0.4) is 0 Å². The first-order chi connectivity index (χ1) is 6.73. The SMILES string of the molecule is CC(C)(C)S(=O)c1c(Cl)nc(Cl)nc1Cl. The number of aromatic nitrogens is 2. The van der Waals surface area contributed by atoms with E-state index in [4.69, 9.17) is 34.8 Å². The first-order valence-electron chi connectivity index (χ1n) is 4.04. The van der Waals surface area contributed by atoms with E-state index in [0.717, 1.165) is 0 Å². The van der Waals surface area contributed by atoms with Crippen LogP contribution >= 0.6 is 34.8 Å². The van der Waals surface area contributed by atoms with Gasteiger partial charge in [0, 0.05) is 4.75 Å². The van der Waals surface area contributed by atoms with Crippen LogP contribution in [-0.4, -0.2) is 18.9 Å². The van der Waals surface area contributed by atoms with Crippen molar-refractivity contribution in [1.29, 1.82) is 0 Å². The summed E-state index contributed by atoms with van der Waals surface area (Å²) in [7, 11) is -1.38. The molecule has 0 bridgehead atoms. The Bertz CT molecular complexity index is 394. The minimum absolute atomic E-state index is 0.0354. The Kier molecular flexibility index (Phi) is 3.98. The summed E-state index contributed by atoms with van der Waals surface area (Å²) in [4.78, 5) is 7.65. The summed E-state index contributed by atoms with van der Waals surface area (Å²) in [6.07, 6.45) is 0. The lowest BCUT2D eigenvalue weighted by Gasteiger charge is -2.18. The van der Waals surface area contributed by atoms with E-state index in [0.29, 0.717) is 0 Å². The molecule has 0 saturated heterocycles. The number of hydrogen-bond acceptors (Lipinski definition) is 3. The fourth-order valence-corrected chi connectivity index (χ4v) is 2.91. The largest absolute Gasteiger partial charge is 0.254 e. The van der Waals surface area contributed by atoms with Gasteiger partial charge in [0.15, 0.2) is 10.3 Å². The van der Waals surface area contributed by atoms with E-state index >= 15 is 0 Å². The number of hydrogen-bond donors (Lipinski definition) is 0. The van der Waals surface area contributed by atoms with Crippen LogP contribution in [0.15, 0.2) is 4.90 Å². The van der Waals surface area contributed by atoms with Gasteiger partial charge in [0.1, 0.15) is 4.90 Å². The molecule has 1 aromatic heterocycles. The van der Waals surface area contributed by atoms with Gasteiger partial charge in [-0.25, -0.2) is 9.97 Å². The summed E-state index contributed by atoms with van der Waals surface area (Å²) in [5.74, 6) is 0. The summed E-state index contributed by atoms with van der Waals surface area (Å²) < 4.78 is 11.6. The number of halogens is 3. The van der Waals surface area contributed by atoms with Crippen molar-refractivity contribution >= 4 is 45.6 Å². The normalized spacial score (nSPS) is 14.0. The molecule has 0 N–H and O–H groups in total. The number of rotatable bonds is 1. The Labute approximate surface area is 106 Å². The van der Waals surface area contributed by atoms with Crippen LogP contribution in [0.4, 0.5) is 0 Å². The summed E-state index contributed by atoms with van der Waals surface area (Å²) in [6.45, 7) is 5.43. The molecule has 15 heavy (non-hydrogen) atoms. The summed E-state index contributed by atoms with van der Waals surface area (Å²) in [6, 6.07) is 0. The molecule has 0 fully saturated rings. The Hall–Kier alpha value is 0.1000. The van der Waals surface area contributed by atoms with Crippen molar-refractivity contribution in [2.45, 2.75) is 30.4 Å². The molecule has 1 rings (SSSR count). The van der Waals surface area contributed by atoms with E-state index in [1.54, 1.807) is 0 Å². The molecular formula is C8H9Cl3N2OS. The van der Waals surface area contributed by atoms with Crippen molar-refractivity contribution in [3.05, 3.63) is 15.6 Å². The maximum absolute atomic E-state index is 12.0. The fraction of sp³-hybridized carbons (Fsp3) is 0.500. The molecule has 0 aliphatic heterocycles. The minimum atomic E-state index is -1.38. The van der Waals surface area contributed by atoms with Crippen LogP contribution in [0, 0.1) is 0 Å². The van der Waals surface area contributed by atoms with Crippen molar-refractivity contribution in [1.82, 2.24) is 9.97 Å². The molecule has 0 spiro atoms. The highest BCUT2D eigenvalue weighted by atomic mass is 35.5. The van der Waals surface area contributed by atoms with E-state index < -0.39 is 15.5 Å². The van der Waals surface area contributed by atoms with Gasteiger partial charge < -0.3 is 0 Å². The summed E-state index contributed by atoms with van der Waals surface area (Å²) in [5.41, 5.74) is 0. The van der Waals surface area contributed by atoms with Gasteiger partial charge in [0.2, 0.25) is 5.28 Å². The molecule has 0 aliphatic rings.